The number of amides is 1. The minimum Gasteiger partial charge on any atom is -0.297 e. The van der Waals surface area contributed by atoms with E-state index in [1.165, 1.54) is 5.56 Å². The van der Waals surface area contributed by atoms with Crippen LogP contribution >= 0.6 is 11.6 Å². The molecular weight excluding hydrogens is 444 g/mol. The molecule has 0 aromatic heterocycles. The smallest absolute Gasteiger partial charge is 0.257 e. The van der Waals surface area contributed by atoms with Gasteiger partial charge in [-0.25, -0.2) is 5.01 Å². The largest absolute Gasteiger partial charge is 0.297 e. The van der Waals surface area contributed by atoms with E-state index < -0.39 is 0 Å². The Kier molecular flexibility index (Phi) is 7.05. The van der Waals surface area contributed by atoms with Crippen LogP contribution < -0.4 is 0 Å². The van der Waals surface area contributed by atoms with E-state index in [0.717, 1.165) is 49.6 Å². The van der Waals surface area contributed by atoms with Gasteiger partial charge >= 0.3 is 0 Å². The molecule has 0 aliphatic carbocycles. The molecule has 3 aromatic rings. The molecule has 1 saturated heterocycles. The summed E-state index contributed by atoms with van der Waals surface area (Å²) >= 11 is 6.46. The van der Waals surface area contributed by atoms with Gasteiger partial charge < -0.3 is 0 Å². The van der Waals surface area contributed by atoms with Crippen LogP contribution in [0.4, 0.5) is 0 Å². The Morgan fingerprint density at radius 2 is 1.44 bits per heavy atom. The van der Waals surface area contributed by atoms with Gasteiger partial charge in [-0.3, -0.25) is 14.6 Å². The van der Waals surface area contributed by atoms with Crippen LogP contribution in [0, 0.1) is 0 Å². The minimum absolute atomic E-state index is 0.0346. The minimum atomic E-state index is -0.112. The fourth-order valence-corrected chi connectivity index (χ4v) is 4.99. The molecule has 174 valence electrons. The number of halogens is 1. The van der Waals surface area contributed by atoms with E-state index in [4.69, 9.17) is 16.7 Å². The molecule has 1 fully saturated rings. The van der Waals surface area contributed by atoms with Crippen molar-refractivity contribution in [3.8, 4) is 0 Å². The third-order valence-electron chi connectivity index (χ3n) is 6.61. The highest BCUT2D eigenvalue weighted by Gasteiger charge is 2.34. The lowest BCUT2D eigenvalue weighted by Gasteiger charge is -2.35. The maximum absolute atomic E-state index is 13.5. The first-order chi connectivity index (χ1) is 16.7. The van der Waals surface area contributed by atoms with E-state index in [1.54, 1.807) is 5.01 Å². The van der Waals surface area contributed by atoms with Crippen molar-refractivity contribution in [2.75, 3.05) is 32.7 Å². The molecule has 0 spiro atoms. The fraction of sp³-hybridized carbons (Fsp3) is 0.286. The Labute approximate surface area is 206 Å². The molecule has 34 heavy (non-hydrogen) atoms. The molecule has 3 aromatic carbocycles. The van der Waals surface area contributed by atoms with E-state index in [9.17, 15) is 4.79 Å². The van der Waals surface area contributed by atoms with Crippen LogP contribution in [0.2, 0.25) is 5.02 Å². The van der Waals surface area contributed by atoms with Crippen LogP contribution in [0.15, 0.2) is 90.0 Å². The lowest BCUT2D eigenvalue weighted by molar-refractivity contribution is -0.134. The predicted octanol–water partition coefficient (Wildman–Crippen LogP) is 4.84. The molecule has 2 heterocycles. The maximum Gasteiger partial charge on any atom is 0.257 e. The zero-order chi connectivity index (χ0) is 23.3. The summed E-state index contributed by atoms with van der Waals surface area (Å²) in [6.45, 7) is 5.00. The number of carbonyl (C=O) groups is 1. The third kappa shape index (κ3) is 5.22. The molecular formula is C28H29ClN4O. The van der Waals surface area contributed by atoms with Crippen molar-refractivity contribution in [2.45, 2.75) is 19.0 Å². The number of hydrogen-bond acceptors (Lipinski definition) is 4. The average molecular weight is 473 g/mol. The predicted molar refractivity (Wildman–Crippen MR) is 137 cm³/mol. The van der Waals surface area contributed by atoms with Gasteiger partial charge in [-0.2, -0.15) is 5.10 Å². The summed E-state index contributed by atoms with van der Waals surface area (Å²) in [7, 11) is 0. The molecule has 0 unspecified atom stereocenters. The van der Waals surface area contributed by atoms with Gasteiger partial charge in [0.1, 0.15) is 0 Å². The molecule has 5 nitrogen and oxygen atoms in total. The highest BCUT2D eigenvalue weighted by Crippen LogP contribution is 2.34. The highest BCUT2D eigenvalue weighted by molar-refractivity contribution is 6.34. The molecule has 0 bridgehead atoms. The lowest BCUT2D eigenvalue weighted by atomic mass is 9.98. The van der Waals surface area contributed by atoms with Crippen molar-refractivity contribution in [3.05, 3.63) is 107 Å². The number of hydrazone groups is 1. The van der Waals surface area contributed by atoms with Crippen LogP contribution in [-0.2, 0) is 11.3 Å². The summed E-state index contributed by atoms with van der Waals surface area (Å²) in [6.07, 6.45) is 0.657. The first-order valence-electron chi connectivity index (χ1n) is 11.9. The standard InChI is InChI=1S/C28H29ClN4O/c29-25-14-8-7-13-24(25)26-19-27(23-11-5-2-6-12-23)33(30-26)28(34)21-32-17-15-31(16-18-32)20-22-9-3-1-4-10-22/h1-14,27H,15-21H2/t27-/m0/s1. The SMILES string of the molecule is O=C(CN1CCN(Cc2ccccc2)CC1)N1N=C(c2ccccc2Cl)C[C@H]1c1ccccc1. The summed E-state index contributed by atoms with van der Waals surface area (Å²) < 4.78 is 0. The number of nitrogens with zero attached hydrogens (tertiary/aromatic N) is 4. The molecule has 1 amide bonds. The second-order valence-corrected chi connectivity index (χ2v) is 9.34. The van der Waals surface area contributed by atoms with Crippen molar-refractivity contribution >= 4 is 23.2 Å². The molecule has 2 aliphatic rings. The maximum atomic E-state index is 13.5. The summed E-state index contributed by atoms with van der Waals surface area (Å²) in [5.74, 6) is 0.0346. The Balaban J connectivity index is 1.26. The highest BCUT2D eigenvalue weighted by atomic mass is 35.5. The van der Waals surface area contributed by atoms with Crippen molar-refractivity contribution in [1.29, 1.82) is 0 Å². The molecule has 0 N–H and O–H groups in total. The normalized spacial score (nSPS) is 19.3. The van der Waals surface area contributed by atoms with Gasteiger partial charge in [0.25, 0.3) is 5.91 Å². The van der Waals surface area contributed by atoms with Gasteiger partial charge in [0.2, 0.25) is 0 Å². The van der Waals surface area contributed by atoms with E-state index in [2.05, 4.69) is 46.2 Å². The zero-order valence-corrected chi connectivity index (χ0v) is 19.9. The van der Waals surface area contributed by atoms with E-state index >= 15 is 0 Å². The Morgan fingerprint density at radius 3 is 2.15 bits per heavy atom. The van der Waals surface area contributed by atoms with E-state index in [-0.39, 0.29) is 11.9 Å². The van der Waals surface area contributed by atoms with Gasteiger partial charge in [0, 0.05) is 49.7 Å². The zero-order valence-electron chi connectivity index (χ0n) is 19.2. The molecule has 5 rings (SSSR count). The number of piperazine rings is 1. The van der Waals surface area contributed by atoms with Crippen LogP contribution in [0.25, 0.3) is 0 Å². The van der Waals surface area contributed by atoms with Gasteiger partial charge in [0.05, 0.1) is 18.3 Å². The molecule has 0 saturated carbocycles. The van der Waals surface area contributed by atoms with Crippen molar-refractivity contribution in [1.82, 2.24) is 14.8 Å². The number of benzene rings is 3. The molecule has 0 radical (unpaired) electrons. The van der Waals surface area contributed by atoms with Crippen molar-refractivity contribution in [2.24, 2.45) is 5.10 Å². The Hall–Kier alpha value is -2.99. The first-order valence-corrected chi connectivity index (χ1v) is 12.2. The van der Waals surface area contributed by atoms with Crippen molar-refractivity contribution in [3.63, 3.8) is 0 Å². The van der Waals surface area contributed by atoms with Gasteiger partial charge in [-0.15, -0.1) is 0 Å². The second kappa shape index (κ2) is 10.5. The van der Waals surface area contributed by atoms with E-state index in [1.807, 2.05) is 48.5 Å². The molecule has 2 aliphatic heterocycles. The van der Waals surface area contributed by atoms with E-state index in [0.29, 0.717) is 18.0 Å². The summed E-state index contributed by atoms with van der Waals surface area (Å²) in [4.78, 5) is 18.2. The monoisotopic (exact) mass is 472 g/mol. The molecule has 6 heteroatoms. The van der Waals surface area contributed by atoms with Gasteiger partial charge in [-0.05, 0) is 17.2 Å². The number of rotatable bonds is 6. The molecule has 1 atom stereocenters. The van der Waals surface area contributed by atoms with Crippen LogP contribution in [0.3, 0.4) is 0 Å². The second-order valence-electron chi connectivity index (χ2n) is 8.93. The van der Waals surface area contributed by atoms with Crippen molar-refractivity contribution < 1.29 is 4.79 Å². The summed E-state index contributed by atoms with van der Waals surface area (Å²) in [5.41, 5.74) is 4.18. The van der Waals surface area contributed by atoms with Crippen LogP contribution in [-0.4, -0.2) is 59.2 Å². The quantitative estimate of drug-likeness (QED) is 0.515. The van der Waals surface area contributed by atoms with Crippen LogP contribution in [0.1, 0.15) is 29.2 Å². The Morgan fingerprint density at radius 1 is 0.824 bits per heavy atom. The number of carbonyl (C=O) groups excluding carboxylic acids is 1. The summed E-state index contributed by atoms with van der Waals surface area (Å²) in [6, 6.07) is 28.3. The van der Waals surface area contributed by atoms with Gasteiger partial charge in [-0.1, -0.05) is 90.5 Å². The Bertz CT molecular complexity index is 1140. The van der Waals surface area contributed by atoms with Gasteiger partial charge in [0.15, 0.2) is 0 Å². The summed E-state index contributed by atoms with van der Waals surface area (Å²) in [5, 5.41) is 7.14. The number of hydrogen-bond donors (Lipinski definition) is 0. The first kappa shape index (κ1) is 22.8. The fourth-order valence-electron chi connectivity index (χ4n) is 4.74. The van der Waals surface area contributed by atoms with Crippen LogP contribution in [0.5, 0.6) is 0 Å². The topological polar surface area (TPSA) is 39.2 Å². The third-order valence-corrected chi connectivity index (χ3v) is 6.94. The lowest BCUT2D eigenvalue weighted by Crippen LogP contribution is -2.49. The average Bonchev–Trinajstić information content (AvgIpc) is 3.32.